The molecule has 0 saturated carbocycles. The van der Waals surface area contributed by atoms with Crippen molar-refractivity contribution in [2.45, 2.75) is 38.6 Å². The molecule has 3 aliphatic heterocycles. The number of likely N-dealkylation sites (tertiary alicyclic amines) is 1. The first kappa shape index (κ1) is 43.3. The van der Waals surface area contributed by atoms with E-state index in [2.05, 4.69) is 47.0 Å². The van der Waals surface area contributed by atoms with Gasteiger partial charge in [-0.1, -0.05) is 31.2 Å². The van der Waals surface area contributed by atoms with Crippen molar-refractivity contribution < 1.29 is 36.4 Å². The molecule has 0 spiro atoms. The van der Waals surface area contributed by atoms with E-state index in [0.29, 0.717) is 80.9 Å². The number of rotatable bonds is 13. The first-order valence-corrected chi connectivity index (χ1v) is 22.2. The minimum absolute atomic E-state index is 0.0664. The van der Waals surface area contributed by atoms with Crippen LogP contribution in [0.25, 0.3) is 22.2 Å². The molecule has 0 bridgehead atoms. The normalized spacial score (nSPS) is 16.8. The standard InChI is InChI=1S/C43H47F2N11O6S/c1-3-52(2)63(61,62)51-35-9-8-34(44)38(39(35)45)40(59)33-24-47-41-32(33)20-30(21-46-41)31-22-48-42(49-23-31)55-18-16-54(17-19-55)37(58)26-53-13-10-29(11-14-53)28-6-4-27(5-7-28)25-56-15-12-36(57)50-43(56)60/h4-9,20-24,29,51H,3,10-19,25-26H2,1-2H3,(H,46,47)(H,50,57,60). The third-order valence-corrected chi connectivity index (χ3v) is 13.5. The second-order valence-electron chi connectivity index (χ2n) is 15.9. The van der Waals surface area contributed by atoms with Gasteiger partial charge in [-0.3, -0.25) is 29.3 Å². The number of imide groups is 1. The van der Waals surface area contributed by atoms with E-state index in [4.69, 9.17) is 0 Å². The molecule has 3 fully saturated rings. The maximum atomic E-state index is 15.6. The maximum absolute atomic E-state index is 15.6. The van der Waals surface area contributed by atoms with Crippen LogP contribution in [0.3, 0.4) is 0 Å². The molecule has 17 nitrogen and oxygen atoms in total. The third kappa shape index (κ3) is 9.37. The monoisotopic (exact) mass is 883 g/mol. The minimum atomic E-state index is -4.15. The molecule has 0 aliphatic carbocycles. The van der Waals surface area contributed by atoms with Crippen LogP contribution in [-0.4, -0.2) is 137 Å². The van der Waals surface area contributed by atoms with Crippen molar-refractivity contribution in [3.05, 3.63) is 101 Å². The number of aromatic nitrogens is 4. The van der Waals surface area contributed by atoms with E-state index in [1.54, 1.807) is 36.5 Å². The first-order valence-electron chi connectivity index (χ1n) is 20.8. The zero-order valence-electron chi connectivity index (χ0n) is 34.8. The number of benzene rings is 2. The van der Waals surface area contributed by atoms with Gasteiger partial charge in [0.2, 0.25) is 23.5 Å². The predicted octanol–water partition coefficient (Wildman–Crippen LogP) is 4.11. The number of anilines is 2. The van der Waals surface area contributed by atoms with Crippen LogP contribution in [0, 0.1) is 11.6 Å². The molecule has 63 heavy (non-hydrogen) atoms. The Kier molecular flexibility index (Phi) is 12.5. The number of aromatic amines is 1. The predicted molar refractivity (Wildman–Crippen MR) is 230 cm³/mol. The fourth-order valence-electron chi connectivity index (χ4n) is 8.08. The molecule has 0 atom stereocenters. The summed E-state index contributed by atoms with van der Waals surface area (Å²) in [5, 5.41) is 2.65. The Labute approximate surface area is 362 Å². The molecule has 3 saturated heterocycles. The van der Waals surface area contributed by atoms with Gasteiger partial charge in [0, 0.05) is 106 Å². The van der Waals surface area contributed by atoms with Crippen molar-refractivity contribution in [1.82, 2.24) is 44.3 Å². The fraction of sp³-hybridized carbons (Fsp3) is 0.372. The zero-order valence-corrected chi connectivity index (χ0v) is 35.6. The molecule has 6 heterocycles. The largest absolute Gasteiger partial charge is 0.345 e. The lowest BCUT2D eigenvalue weighted by atomic mass is 9.89. The Morgan fingerprint density at radius 2 is 1.60 bits per heavy atom. The number of halogens is 2. The molecule has 8 rings (SSSR count). The van der Waals surface area contributed by atoms with E-state index in [-0.39, 0.29) is 35.3 Å². The van der Waals surface area contributed by atoms with Gasteiger partial charge in [0.25, 0.3) is 0 Å². The van der Waals surface area contributed by atoms with Gasteiger partial charge in [0.15, 0.2) is 5.82 Å². The average Bonchev–Trinajstić information content (AvgIpc) is 3.72. The Morgan fingerprint density at radius 1 is 0.905 bits per heavy atom. The number of pyridine rings is 1. The molecule has 4 amide bonds. The van der Waals surface area contributed by atoms with Crippen molar-refractivity contribution in [1.29, 1.82) is 0 Å². The lowest BCUT2D eigenvalue weighted by molar-refractivity contribution is -0.133. The molecule has 3 aliphatic rings. The van der Waals surface area contributed by atoms with E-state index in [0.717, 1.165) is 47.9 Å². The number of amides is 4. The number of nitrogens with one attached hydrogen (secondary N) is 3. The second kappa shape index (κ2) is 18.1. The summed E-state index contributed by atoms with van der Waals surface area (Å²) in [5.41, 5.74) is 2.13. The van der Waals surface area contributed by atoms with Gasteiger partial charge >= 0.3 is 16.2 Å². The Hall–Kier alpha value is -6.38. The Bertz CT molecular complexity index is 2650. The van der Waals surface area contributed by atoms with Crippen molar-refractivity contribution in [3.8, 4) is 11.1 Å². The number of hydrogen-bond donors (Lipinski definition) is 3. The summed E-state index contributed by atoms with van der Waals surface area (Å²) < 4.78 is 58.7. The average molecular weight is 884 g/mol. The molecule has 20 heteroatoms. The topological polar surface area (TPSA) is 197 Å². The van der Waals surface area contributed by atoms with Gasteiger partial charge in [-0.25, -0.2) is 28.5 Å². The van der Waals surface area contributed by atoms with E-state index in [9.17, 15) is 27.6 Å². The molecule has 2 aromatic carbocycles. The van der Waals surface area contributed by atoms with Crippen LogP contribution < -0.4 is 14.9 Å². The first-order chi connectivity index (χ1) is 30.3. The van der Waals surface area contributed by atoms with E-state index in [1.165, 1.54) is 18.8 Å². The second-order valence-corrected chi connectivity index (χ2v) is 17.7. The van der Waals surface area contributed by atoms with Gasteiger partial charge < -0.3 is 19.7 Å². The number of hydrogen-bond acceptors (Lipinski definition) is 11. The van der Waals surface area contributed by atoms with E-state index in [1.807, 2.05) is 21.9 Å². The van der Waals surface area contributed by atoms with Gasteiger partial charge in [-0.05, 0) is 61.2 Å². The number of H-pyrrole nitrogens is 1. The highest BCUT2D eigenvalue weighted by molar-refractivity contribution is 7.90. The highest BCUT2D eigenvalue weighted by Gasteiger charge is 2.29. The summed E-state index contributed by atoms with van der Waals surface area (Å²) in [6, 6.07) is 11.4. The summed E-state index contributed by atoms with van der Waals surface area (Å²) in [4.78, 5) is 74.7. The molecule has 3 aromatic heterocycles. The van der Waals surface area contributed by atoms with Crippen LogP contribution in [0.1, 0.15) is 59.2 Å². The van der Waals surface area contributed by atoms with Gasteiger partial charge in [-0.2, -0.15) is 12.7 Å². The van der Waals surface area contributed by atoms with Crippen molar-refractivity contribution in [3.63, 3.8) is 0 Å². The smallest absolute Gasteiger partial charge is 0.324 e. The molecule has 0 unspecified atom stereocenters. The summed E-state index contributed by atoms with van der Waals surface area (Å²) in [5.74, 6) is -2.77. The van der Waals surface area contributed by atoms with Crippen LogP contribution >= 0.6 is 0 Å². The third-order valence-electron chi connectivity index (χ3n) is 12.0. The van der Waals surface area contributed by atoms with Crippen LogP contribution in [0.4, 0.5) is 25.2 Å². The maximum Gasteiger partial charge on any atom is 0.324 e. The Balaban J connectivity index is 0.834. The summed E-state index contributed by atoms with van der Waals surface area (Å²) in [6.07, 6.45) is 8.29. The van der Waals surface area contributed by atoms with Crippen molar-refractivity contribution >= 4 is 56.5 Å². The molecular weight excluding hydrogens is 837 g/mol. The number of carbonyl (C=O) groups is 4. The molecular formula is C43H47F2N11O6S. The number of fused-ring (bicyclic) bond motifs is 1. The van der Waals surface area contributed by atoms with E-state index < -0.39 is 38.9 Å². The number of piperidine rings is 1. The minimum Gasteiger partial charge on any atom is -0.345 e. The van der Waals surface area contributed by atoms with Crippen molar-refractivity contribution in [2.75, 3.05) is 75.6 Å². The zero-order chi connectivity index (χ0) is 44.4. The number of ketones is 1. The number of carbonyl (C=O) groups excluding carboxylic acids is 4. The van der Waals surface area contributed by atoms with Gasteiger partial charge in [-0.15, -0.1) is 0 Å². The summed E-state index contributed by atoms with van der Waals surface area (Å²) >= 11 is 0. The molecule has 330 valence electrons. The summed E-state index contributed by atoms with van der Waals surface area (Å²) in [6.45, 7) is 6.71. The molecule has 3 N–H and O–H groups in total. The molecule has 5 aromatic rings. The highest BCUT2D eigenvalue weighted by atomic mass is 32.2. The van der Waals surface area contributed by atoms with Crippen LogP contribution in [0.5, 0.6) is 0 Å². The quantitative estimate of drug-likeness (QED) is 0.144. The van der Waals surface area contributed by atoms with Crippen LogP contribution in [-0.2, 0) is 26.3 Å². The van der Waals surface area contributed by atoms with Crippen LogP contribution in [0.2, 0.25) is 0 Å². The SMILES string of the molecule is CCN(C)S(=O)(=O)Nc1ccc(F)c(C(=O)c2c[nH]c3ncc(-c4cnc(N5CCN(C(=O)CN6CCC(c7ccc(CN8CCC(=O)NC8=O)cc7)CC6)CC5)nc4)cc23)c1F. The van der Waals surface area contributed by atoms with Crippen LogP contribution in [0.15, 0.2) is 67.3 Å². The number of nitrogens with zero attached hydrogens (tertiary/aromatic N) is 8. The molecule has 0 radical (unpaired) electrons. The lowest BCUT2D eigenvalue weighted by Crippen LogP contribution is -2.52. The van der Waals surface area contributed by atoms with Crippen molar-refractivity contribution in [2.24, 2.45) is 0 Å². The van der Waals surface area contributed by atoms with Gasteiger partial charge in [0.05, 0.1) is 17.8 Å². The number of urea groups is 1. The fourth-order valence-corrected chi connectivity index (χ4v) is 9.01. The van der Waals surface area contributed by atoms with Gasteiger partial charge in [0.1, 0.15) is 11.5 Å². The highest BCUT2D eigenvalue weighted by Crippen LogP contribution is 2.31. The number of piperazine rings is 1. The summed E-state index contributed by atoms with van der Waals surface area (Å²) in [7, 11) is -2.86. The Morgan fingerprint density at radius 3 is 2.29 bits per heavy atom. The van der Waals surface area contributed by atoms with E-state index >= 15 is 8.78 Å². The lowest BCUT2D eigenvalue weighted by Gasteiger charge is -2.37.